The first kappa shape index (κ1) is 17.4. The number of methoxy groups -OCH3 is 1. The van der Waals surface area contributed by atoms with Crippen molar-refractivity contribution >= 4 is 11.6 Å². The van der Waals surface area contributed by atoms with Crippen LogP contribution >= 0.6 is 0 Å². The van der Waals surface area contributed by atoms with E-state index in [2.05, 4.69) is 5.32 Å². The van der Waals surface area contributed by atoms with E-state index in [0.717, 1.165) is 11.5 Å². The van der Waals surface area contributed by atoms with Gasteiger partial charge in [-0.3, -0.25) is 4.79 Å². The van der Waals surface area contributed by atoms with Crippen LogP contribution in [0.4, 0.5) is 5.69 Å². The zero-order chi connectivity index (χ0) is 18.2. The van der Waals surface area contributed by atoms with E-state index in [1.54, 1.807) is 43.5 Å². The topological polar surface area (TPSA) is 56.8 Å². The van der Waals surface area contributed by atoms with Crippen LogP contribution in [-0.2, 0) is 4.79 Å². The molecular formula is C21H19NO4. The van der Waals surface area contributed by atoms with E-state index < -0.39 is 0 Å². The molecule has 132 valence electrons. The van der Waals surface area contributed by atoms with Crippen LogP contribution in [0.1, 0.15) is 0 Å². The summed E-state index contributed by atoms with van der Waals surface area (Å²) < 4.78 is 16.3. The smallest absolute Gasteiger partial charge is 0.262 e. The molecule has 0 heterocycles. The Labute approximate surface area is 152 Å². The molecule has 5 nitrogen and oxygen atoms in total. The fraction of sp³-hybridized carbons (Fsp3) is 0.0952. The highest BCUT2D eigenvalue weighted by molar-refractivity contribution is 5.92. The van der Waals surface area contributed by atoms with Gasteiger partial charge in [0, 0.05) is 11.8 Å². The first-order valence-corrected chi connectivity index (χ1v) is 8.12. The van der Waals surface area contributed by atoms with Crippen molar-refractivity contribution in [2.24, 2.45) is 0 Å². The van der Waals surface area contributed by atoms with Crippen molar-refractivity contribution in [2.75, 3.05) is 19.0 Å². The fourth-order valence-electron chi connectivity index (χ4n) is 2.28. The SMILES string of the molecule is COc1ccc(OCC(=O)Nc2cccc(Oc3ccccc3)c2)cc1. The summed E-state index contributed by atoms with van der Waals surface area (Å²) in [6, 6.07) is 23.7. The molecular weight excluding hydrogens is 330 g/mol. The molecule has 0 spiro atoms. The van der Waals surface area contributed by atoms with E-state index in [1.807, 2.05) is 42.5 Å². The first-order chi connectivity index (χ1) is 12.7. The molecule has 0 aliphatic heterocycles. The standard InChI is InChI=1S/C21H19NO4/c1-24-17-10-12-18(13-11-17)25-15-21(23)22-16-6-5-9-20(14-16)26-19-7-3-2-4-8-19/h2-14H,15H2,1H3,(H,22,23). The Hall–Kier alpha value is -3.47. The van der Waals surface area contributed by atoms with Gasteiger partial charge in [-0.25, -0.2) is 0 Å². The minimum Gasteiger partial charge on any atom is -0.497 e. The minimum absolute atomic E-state index is 0.0872. The molecule has 0 radical (unpaired) electrons. The van der Waals surface area contributed by atoms with Crippen LogP contribution in [0.25, 0.3) is 0 Å². The Morgan fingerprint density at radius 3 is 2.23 bits per heavy atom. The van der Waals surface area contributed by atoms with Crippen molar-refractivity contribution in [3.63, 3.8) is 0 Å². The maximum atomic E-state index is 12.1. The molecule has 3 aromatic carbocycles. The zero-order valence-electron chi connectivity index (χ0n) is 14.3. The average molecular weight is 349 g/mol. The molecule has 0 aliphatic carbocycles. The van der Waals surface area contributed by atoms with Gasteiger partial charge in [0.2, 0.25) is 0 Å². The lowest BCUT2D eigenvalue weighted by atomic mass is 10.3. The number of carbonyl (C=O) groups is 1. The van der Waals surface area contributed by atoms with Crippen LogP contribution in [-0.4, -0.2) is 19.6 Å². The second-order valence-corrected chi connectivity index (χ2v) is 5.46. The highest BCUT2D eigenvalue weighted by Crippen LogP contribution is 2.24. The van der Waals surface area contributed by atoms with Crippen molar-refractivity contribution in [1.29, 1.82) is 0 Å². The summed E-state index contributed by atoms with van der Waals surface area (Å²) in [5.41, 5.74) is 0.641. The molecule has 1 amide bonds. The fourth-order valence-corrected chi connectivity index (χ4v) is 2.28. The van der Waals surface area contributed by atoms with Gasteiger partial charge in [-0.15, -0.1) is 0 Å². The van der Waals surface area contributed by atoms with E-state index >= 15 is 0 Å². The Bertz CT molecular complexity index is 847. The normalized spacial score (nSPS) is 10.0. The van der Waals surface area contributed by atoms with Crippen molar-refractivity contribution in [2.45, 2.75) is 0 Å². The van der Waals surface area contributed by atoms with Gasteiger partial charge in [0.1, 0.15) is 23.0 Å². The van der Waals surface area contributed by atoms with Gasteiger partial charge in [0.05, 0.1) is 7.11 Å². The third-order valence-electron chi connectivity index (χ3n) is 3.53. The summed E-state index contributed by atoms with van der Waals surface area (Å²) in [4.78, 5) is 12.1. The molecule has 0 fully saturated rings. The van der Waals surface area contributed by atoms with Crippen molar-refractivity contribution < 1.29 is 19.0 Å². The molecule has 1 N–H and O–H groups in total. The van der Waals surface area contributed by atoms with Crippen LogP contribution in [0.3, 0.4) is 0 Å². The van der Waals surface area contributed by atoms with Crippen LogP contribution in [0.5, 0.6) is 23.0 Å². The van der Waals surface area contributed by atoms with Gasteiger partial charge in [0.15, 0.2) is 6.61 Å². The van der Waals surface area contributed by atoms with Crippen molar-refractivity contribution in [3.8, 4) is 23.0 Å². The Morgan fingerprint density at radius 1 is 0.808 bits per heavy atom. The number of hydrogen-bond acceptors (Lipinski definition) is 4. The average Bonchev–Trinajstić information content (AvgIpc) is 2.68. The second-order valence-electron chi connectivity index (χ2n) is 5.46. The molecule has 0 atom stereocenters. The Kier molecular flexibility index (Phi) is 5.72. The summed E-state index contributed by atoms with van der Waals surface area (Å²) in [5, 5.41) is 2.79. The van der Waals surface area contributed by atoms with Gasteiger partial charge in [0.25, 0.3) is 5.91 Å². The van der Waals surface area contributed by atoms with Gasteiger partial charge in [-0.2, -0.15) is 0 Å². The molecule has 0 aromatic heterocycles. The maximum Gasteiger partial charge on any atom is 0.262 e. The number of amides is 1. The number of ether oxygens (including phenoxy) is 3. The summed E-state index contributed by atoms with van der Waals surface area (Å²) in [5.74, 6) is 2.46. The molecule has 0 saturated carbocycles. The largest absolute Gasteiger partial charge is 0.497 e. The highest BCUT2D eigenvalue weighted by Gasteiger charge is 2.05. The lowest BCUT2D eigenvalue weighted by Crippen LogP contribution is -2.20. The van der Waals surface area contributed by atoms with E-state index in [4.69, 9.17) is 14.2 Å². The number of para-hydroxylation sites is 1. The molecule has 3 rings (SSSR count). The summed E-state index contributed by atoms with van der Waals surface area (Å²) in [6.45, 7) is -0.0872. The maximum absolute atomic E-state index is 12.1. The number of carbonyl (C=O) groups excluding carboxylic acids is 1. The third kappa shape index (κ3) is 5.01. The van der Waals surface area contributed by atoms with Crippen LogP contribution < -0.4 is 19.5 Å². The predicted octanol–water partition coefficient (Wildman–Crippen LogP) is 4.51. The van der Waals surface area contributed by atoms with Gasteiger partial charge in [-0.1, -0.05) is 24.3 Å². The Balaban J connectivity index is 1.54. The van der Waals surface area contributed by atoms with Crippen molar-refractivity contribution in [1.82, 2.24) is 0 Å². The van der Waals surface area contributed by atoms with Gasteiger partial charge >= 0.3 is 0 Å². The van der Waals surface area contributed by atoms with E-state index in [1.165, 1.54) is 0 Å². The second kappa shape index (κ2) is 8.58. The van der Waals surface area contributed by atoms with Gasteiger partial charge < -0.3 is 19.5 Å². The minimum atomic E-state index is -0.252. The van der Waals surface area contributed by atoms with Gasteiger partial charge in [-0.05, 0) is 48.5 Å². The van der Waals surface area contributed by atoms with Crippen LogP contribution in [0.2, 0.25) is 0 Å². The molecule has 0 saturated heterocycles. The Morgan fingerprint density at radius 2 is 1.50 bits per heavy atom. The number of anilines is 1. The first-order valence-electron chi connectivity index (χ1n) is 8.12. The molecule has 0 bridgehead atoms. The van der Waals surface area contributed by atoms with E-state index in [9.17, 15) is 4.79 Å². The number of rotatable bonds is 7. The molecule has 0 unspecified atom stereocenters. The number of hydrogen-bond donors (Lipinski definition) is 1. The third-order valence-corrected chi connectivity index (χ3v) is 3.53. The van der Waals surface area contributed by atoms with E-state index in [0.29, 0.717) is 17.2 Å². The monoisotopic (exact) mass is 349 g/mol. The lowest BCUT2D eigenvalue weighted by Gasteiger charge is -2.10. The quantitative estimate of drug-likeness (QED) is 0.682. The van der Waals surface area contributed by atoms with E-state index in [-0.39, 0.29) is 12.5 Å². The summed E-state index contributed by atoms with van der Waals surface area (Å²) >= 11 is 0. The summed E-state index contributed by atoms with van der Waals surface area (Å²) in [7, 11) is 1.60. The lowest BCUT2D eigenvalue weighted by molar-refractivity contribution is -0.118. The molecule has 5 heteroatoms. The number of benzene rings is 3. The van der Waals surface area contributed by atoms with Crippen molar-refractivity contribution in [3.05, 3.63) is 78.9 Å². The van der Waals surface area contributed by atoms with Crippen LogP contribution in [0, 0.1) is 0 Å². The summed E-state index contributed by atoms with van der Waals surface area (Å²) in [6.07, 6.45) is 0. The molecule has 26 heavy (non-hydrogen) atoms. The predicted molar refractivity (Wildman–Crippen MR) is 100 cm³/mol. The zero-order valence-corrected chi connectivity index (χ0v) is 14.3. The molecule has 3 aromatic rings. The molecule has 0 aliphatic rings. The highest BCUT2D eigenvalue weighted by atomic mass is 16.5. The van der Waals surface area contributed by atoms with Crippen LogP contribution in [0.15, 0.2) is 78.9 Å². The number of nitrogens with one attached hydrogen (secondary N) is 1.